The number of phenolic OH excluding ortho intramolecular Hbond substituents is 1. The van der Waals surface area contributed by atoms with E-state index in [9.17, 15) is 40.2 Å². The van der Waals surface area contributed by atoms with Crippen LogP contribution in [-0.4, -0.2) is 106 Å². The van der Waals surface area contributed by atoms with E-state index < -0.39 is 54.3 Å². The number of Topliss-reactive ketones (excluding diaryl/α,β-unsaturated/α-hetero) is 1. The summed E-state index contributed by atoms with van der Waals surface area (Å²) in [5, 5.41) is 67.2. The van der Waals surface area contributed by atoms with Gasteiger partial charge in [-0.25, -0.2) is 4.79 Å². The van der Waals surface area contributed by atoms with Crippen molar-refractivity contribution in [3.05, 3.63) is 57.7 Å². The highest BCUT2D eigenvalue weighted by Crippen LogP contribution is 2.70. The summed E-state index contributed by atoms with van der Waals surface area (Å²) in [5.74, 6) is -1.36. The molecule has 6 N–H and O–H groups in total. The summed E-state index contributed by atoms with van der Waals surface area (Å²) in [6.45, 7) is 4.00. The molecule has 0 amide bonds. The Hall–Kier alpha value is -3.36. The van der Waals surface area contributed by atoms with Crippen molar-refractivity contribution < 1.29 is 59.2 Å². The van der Waals surface area contributed by atoms with Crippen LogP contribution in [0.2, 0.25) is 0 Å². The molecule has 12 heteroatoms. The number of phenols is 1. The molecule has 5 fully saturated rings. The number of aliphatic hydroxyl groups excluding tert-OH is 4. The van der Waals surface area contributed by atoms with Crippen molar-refractivity contribution >= 4 is 22.5 Å². The first-order valence-electron chi connectivity index (χ1n) is 20.5. The van der Waals surface area contributed by atoms with Gasteiger partial charge in [-0.1, -0.05) is 25.0 Å². The van der Waals surface area contributed by atoms with Crippen LogP contribution >= 0.6 is 0 Å². The molecule has 3 saturated carbocycles. The van der Waals surface area contributed by atoms with Gasteiger partial charge in [0.25, 0.3) is 0 Å². The highest BCUT2D eigenvalue weighted by molar-refractivity contribution is 6.08. The summed E-state index contributed by atoms with van der Waals surface area (Å²) in [7, 11) is 0. The van der Waals surface area contributed by atoms with Gasteiger partial charge in [0.1, 0.15) is 35.4 Å². The average Bonchev–Trinajstić information content (AvgIpc) is 3.77. The molecule has 2 aromatic rings. The number of carbonyl (C=O) groups excluding carboxylic acids is 1. The summed E-state index contributed by atoms with van der Waals surface area (Å²) in [5.41, 5.74) is 2.49. The predicted molar refractivity (Wildman–Crippen MR) is 202 cm³/mol. The Labute approximate surface area is 326 Å². The van der Waals surface area contributed by atoms with Crippen molar-refractivity contribution in [1.29, 1.82) is 0 Å². The third-order valence-corrected chi connectivity index (χ3v) is 15.1. The van der Waals surface area contributed by atoms with Crippen molar-refractivity contribution in [3.8, 4) is 11.5 Å². The minimum atomic E-state index is -1.71. The Kier molecular flexibility index (Phi) is 9.47. The largest absolute Gasteiger partial charge is 0.506 e. The van der Waals surface area contributed by atoms with E-state index in [4.69, 9.17) is 18.9 Å². The Balaban J connectivity index is 1.10. The Morgan fingerprint density at radius 3 is 2.55 bits per heavy atom. The van der Waals surface area contributed by atoms with Crippen LogP contribution in [0.3, 0.4) is 0 Å². The Morgan fingerprint density at radius 2 is 1.84 bits per heavy atom. The van der Waals surface area contributed by atoms with Crippen LogP contribution in [0.5, 0.6) is 11.5 Å². The van der Waals surface area contributed by atoms with Gasteiger partial charge in [-0.3, -0.25) is 4.79 Å². The molecule has 0 unspecified atom stereocenters. The molecule has 9 rings (SSSR count). The summed E-state index contributed by atoms with van der Waals surface area (Å²) in [6, 6.07) is 4.14. The van der Waals surface area contributed by atoms with Gasteiger partial charge in [-0.05, 0) is 134 Å². The topological polar surface area (TPSA) is 192 Å². The van der Waals surface area contributed by atoms with Gasteiger partial charge >= 0.3 is 5.97 Å². The monoisotopic (exact) mass is 774 g/mol. The van der Waals surface area contributed by atoms with Crippen molar-refractivity contribution in [2.24, 2.45) is 34.5 Å². The number of aromatic hydroxyl groups is 1. The second-order valence-electron chi connectivity index (χ2n) is 18.0. The fourth-order valence-corrected chi connectivity index (χ4v) is 13.1. The number of carboxylic acids is 1. The number of hydrogen-bond acceptors (Lipinski definition) is 11. The number of ketones is 1. The van der Waals surface area contributed by atoms with Gasteiger partial charge in [0.15, 0.2) is 5.78 Å². The molecular formula is C44H54O12. The number of allylic oxidation sites excluding steroid dienone is 2. The lowest BCUT2D eigenvalue weighted by atomic mass is 9.43. The quantitative estimate of drug-likeness (QED) is 0.198. The first-order chi connectivity index (χ1) is 26.9. The molecule has 3 heterocycles. The molecule has 0 radical (unpaired) electrons. The van der Waals surface area contributed by atoms with E-state index in [1.54, 1.807) is 13.0 Å². The van der Waals surface area contributed by atoms with Gasteiger partial charge in [0, 0.05) is 18.6 Å². The van der Waals surface area contributed by atoms with E-state index in [1.807, 2.05) is 0 Å². The highest BCUT2D eigenvalue weighted by atomic mass is 16.7. The zero-order valence-corrected chi connectivity index (χ0v) is 32.2. The minimum Gasteiger partial charge on any atom is -0.506 e. The molecular weight excluding hydrogens is 720 g/mol. The molecule has 10 atom stereocenters. The first-order valence-corrected chi connectivity index (χ1v) is 20.5. The fourth-order valence-electron chi connectivity index (χ4n) is 13.1. The summed E-state index contributed by atoms with van der Waals surface area (Å²) in [4.78, 5) is 24.8. The average molecular weight is 775 g/mol. The van der Waals surface area contributed by atoms with E-state index in [2.05, 4.69) is 6.08 Å². The van der Waals surface area contributed by atoms with Crippen LogP contribution in [0, 0.1) is 41.4 Å². The van der Waals surface area contributed by atoms with Crippen molar-refractivity contribution in [2.75, 3.05) is 33.0 Å². The van der Waals surface area contributed by atoms with Gasteiger partial charge in [0.2, 0.25) is 6.29 Å². The number of aryl methyl sites for hydroxylation is 1. The molecule has 0 bridgehead atoms. The second kappa shape index (κ2) is 13.9. The Bertz CT molecular complexity index is 2010. The van der Waals surface area contributed by atoms with Crippen molar-refractivity contribution in [3.63, 3.8) is 0 Å². The Morgan fingerprint density at radius 1 is 1.05 bits per heavy atom. The summed E-state index contributed by atoms with van der Waals surface area (Å²) in [6.07, 6.45) is 5.79. The molecule has 3 aliphatic heterocycles. The maximum absolute atomic E-state index is 12.6. The molecule has 4 aliphatic carbocycles. The second-order valence-corrected chi connectivity index (χ2v) is 18.0. The van der Waals surface area contributed by atoms with Crippen LogP contribution in [0.1, 0.15) is 97.4 Å². The van der Waals surface area contributed by atoms with Crippen LogP contribution in [0.4, 0.5) is 0 Å². The van der Waals surface area contributed by atoms with E-state index in [1.165, 1.54) is 55.9 Å². The number of fused-ring (bicyclic) bond motifs is 3. The predicted octanol–water partition coefficient (Wildman–Crippen LogP) is 4.98. The molecule has 2 aromatic carbocycles. The molecule has 0 aromatic heterocycles. The molecule has 12 nitrogen and oxygen atoms in total. The molecule has 302 valence electrons. The lowest BCUT2D eigenvalue weighted by Crippen LogP contribution is -2.70. The maximum Gasteiger partial charge on any atom is 0.335 e. The van der Waals surface area contributed by atoms with Gasteiger partial charge < -0.3 is 49.6 Å². The van der Waals surface area contributed by atoms with Gasteiger partial charge in [-0.2, -0.15) is 0 Å². The summed E-state index contributed by atoms with van der Waals surface area (Å²) >= 11 is 0. The number of aromatic carboxylic acids is 1. The van der Waals surface area contributed by atoms with Crippen molar-refractivity contribution in [2.45, 2.75) is 108 Å². The normalized spacial score (nSPS) is 37.0. The van der Waals surface area contributed by atoms with Crippen LogP contribution in [0.25, 0.3) is 10.8 Å². The summed E-state index contributed by atoms with van der Waals surface area (Å²) < 4.78 is 25.9. The molecule has 2 saturated heterocycles. The number of benzene rings is 2. The lowest BCUT2D eigenvalue weighted by molar-refractivity contribution is -0.326. The third kappa shape index (κ3) is 5.57. The highest BCUT2D eigenvalue weighted by Gasteiger charge is 2.67. The van der Waals surface area contributed by atoms with Gasteiger partial charge in [-0.15, -0.1) is 0 Å². The smallest absolute Gasteiger partial charge is 0.335 e. The van der Waals surface area contributed by atoms with Crippen molar-refractivity contribution in [1.82, 2.24) is 0 Å². The molecule has 2 spiro atoms. The van der Waals surface area contributed by atoms with Crippen LogP contribution < -0.4 is 4.74 Å². The number of rotatable bonds is 8. The number of ether oxygens (including phenoxy) is 4. The zero-order valence-electron chi connectivity index (χ0n) is 32.2. The van der Waals surface area contributed by atoms with Gasteiger partial charge in [0.05, 0.1) is 36.3 Å². The van der Waals surface area contributed by atoms with E-state index in [0.717, 1.165) is 24.8 Å². The van der Waals surface area contributed by atoms with E-state index in [-0.39, 0.29) is 58.1 Å². The van der Waals surface area contributed by atoms with Crippen LogP contribution in [-0.2, 0) is 14.2 Å². The fraction of sp³-hybridized carbons (Fsp3) is 0.636. The van der Waals surface area contributed by atoms with E-state index in [0.29, 0.717) is 55.3 Å². The number of carbonyl (C=O) groups is 2. The number of carboxylic acid groups (broad SMARTS) is 1. The molecule has 56 heavy (non-hydrogen) atoms. The standard InChI is InChI=1S/C44H54O12/c1-22-12-25-13-26(40(51)52)14-31(35(25)37(48)33(22)23(2)47)55-41-38(49)39(50)44(32(18-46)56-41)17-28-29-16-42(8-3-4-9-42)15-27-19-53-21-43(36(27)29,10-5-11-45)30-7-6-24(20-54-44)34(28)30/h7,12-14,27-29,32,36,38-39,41,45-46,48-50H,3-6,8-11,15-21H2,1-2H3,(H,51,52)/t27-,28-,29-,32-,36-,38-,39-,41+,43+,44+/m1/s1. The van der Waals surface area contributed by atoms with E-state index >= 15 is 0 Å². The minimum absolute atomic E-state index is 0.0368. The lowest BCUT2D eigenvalue weighted by Gasteiger charge is -2.64. The first kappa shape index (κ1) is 38.2. The zero-order chi connectivity index (χ0) is 39.3. The number of hydrogen-bond donors (Lipinski definition) is 6. The number of aliphatic hydroxyl groups is 4. The van der Waals surface area contributed by atoms with Crippen LogP contribution in [0.15, 0.2) is 41.0 Å². The maximum atomic E-state index is 12.6. The molecule has 7 aliphatic rings. The SMILES string of the molecule is CC(=O)c1c(C)cc2cc(C(=O)O)cc(O[C@H]3O[C@H](CO)[C@@]4(C[C@H]5C6=C(CC=C6[C@]6(CCCO)COC[C@H]7CC8(CCCC8)C[C@H]5[C@@H]76)CO4)[C@H](O)[C@H]3O)c2c1O. The third-order valence-electron chi connectivity index (χ3n) is 15.1.